The molecule has 118 valence electrons. The Morgan fingerprint density at radius 1 is 1.41 bits per heavy atom. The van der Waals surface area contributed by atoms with Crippen molar-refractivity contribution in [1.29, 1.82) is 0 Å². The van der Waals surface area contributed by atoms with E-state index in [1.165, 1.54) is 11.3 Å². The van der Waals surface area contributed by atoms with Gasteiger partial charge in [-0.25, -0.2) is 4.98 Å². The number of anilines is 1. The molecule has 0 atom stereocenters. The van der Waals surface area contributed by atoms with Crippen LogP contribution in [0.5, 0.6) is 0 Å². The highest BCUT2D eigenvalue weighted by Gasteiger charge is 2.15. The van der Waals surface area contributed by atoms with Gasteiger partial charge in [0.2, 0.25) is 0 Å². The van der Waals surface area contributed by atoms with Crippen molar-refractivity contribution >= 4 is 33.7 Å². The molecule has 2 aromatic rings. The Morgan fingerprint density at radius 3 is 2.86 bits per heavy atom. The number of thiazole rings is 1. The second kappa shape index (κ2) is 6.87. The van der Waals surface area contributed by atoms with Crippen LogP contribution in [0.4, 0.5) is 5.13 Å². The predicted molar refractivity (Wildman–Crippen MR) is 90.0 cm³/mol. The number of rotatable bonds is 4. The molecular weight excluding hydrogens is 318 g/mol. The van der Waals surface area contributed by atoms with Crippen LogP contribution in [-0.4, -0.2) is 42.1 Å². The SMILES string of the molecule is Cc1cc(C(=O)Nc2nc(CN3CCOCC3)cs2)c(C)s1. The Labute approximate surface area is 137 Å². The zero-order valence-corrected chi connectivity index (χ0v) is 14.4. The minimum absolute atomic E-state index is 0.0749. The van der Waals surface area contributed by atoms with Crippen molar-refractivity contribution in [2.75, 3.05) is 31.6 Å². The molecule has 0 spiro atoms. The summed E-state index contributed by atoms with van der Waals surface area (Å²) in [4.78, 5) is 21.3. The first-order chi connectivity index (χ1) is 10.6. The maximum atomic E-state index is 12.3. The normalized spacial score (nSPS) is 15.9. The van der Waals surface area contributed by atoms with E-state index in [4.69, 9.17) is 4.74 Å². The van der Waals surface area contributed by atoms with Gasteiger partial charge in [0.1, 0.15) is 0 Å². The van der Waals surface area contributed by atoms with Gasteiger partial charge in [-0.15, -0.1) is 22.7 Å². The highest BCUT2D eigenvalue weighted by atomic mass is 32.1. The minimum atomic E-state index is -0.0749. The Hall–Kier alpha value is -1.28. The second-order valence-corrected chi connectivity index (χ2v) is 7.63. The first-order valence-corrected chi connectivity index (χ1v) is 8.94. The standard InChI is InChI=1S/C15H19N3O2S2/c1-10-7-13(11(2)22-10)14(19)17-15-16-12(9-21-15)8-18-3-5-20-6-4-18/h7,9H,3-6,8H2,1-2H3,(H,16,17,19). The third-order valence-corrected chi connectivity index (χ3v) is 5.32. The number of thiophene rings is 1. The summed E-state index contributed by atoms with van der Waals surface area (Å²) in [6.45, 7) is 8.23. The number of hydrogen-bond acceptors (Lipinski definition) is 6. The van der Waals surface area contributed by atoms with Crippen LogP contribution in [-0.2, 0) is 11.3 Å². The van der Waals surface area contributed by atoms with Crippen LogP contribution in [0, 0.1) is 13.8 Å². The molecule has 3 heterocycles. The lowest BCUT2D eigenvalue weighted by Gasteiger charge is -2.25. The first kappa shape index (κ1) is 15.6. The summed E-state index contributed by atoms with van der Waals surface area (Å²) in [5, 5.41) is 5.58. The van der Waals surface area contributed by atoms with E-state index in [2.05, 4.69) is 15.2 Å². The minimum Gasteiger partial charge on any atom is -0.379 e. The lowest BCUT2D eigenvalue weighted by molar-refractivity contribution is 0.0337. The Balaban J connectivity index is 1.61. The first-order valence-electron chi connectivity index (χ1n) is 7.25. The number of nitrogens with one attached hydrogen (secondary N) is 1. The molecule has 7 heteroatoms. The molecule has 1 N–H and O–H groups in total. The number of amides is 1. The van der Waals surface area contributed by atoms with Crippen molar-refractivity contribution in [3.8, 4) is 0 Å². The molecule has 2 aromatic heterocycles. The number of carbonyl (C=O) groups excluding carboxylic acids is 1. The predicted octanol–water partition coefficient (Wildman–Crippen LogP) is 2.91. The lowest BCUT2D eigenvalue weighted by Crippen LogP contribution is -2.35. The number of ether oxygens (including phenoxy) is 1. The van der Waals surface area contributed by atoms with Gasteiger partial charge in [-0.1, -0.05) is 0 Å². The van der Waals surface area contributed by atoms with Crippen LogP contribution in [0.15, 0.2) is 11.4 Å². The quantitative estimate of drug-likeness (QED) is 0.932. The fourth-order valence-corrected chi connectivity index (χ4v) is 4.06. The highest BCUT2D eigenvalue weighted by molar-refractivity contribution is 7.14. The summed E-state index contributed by atoms with van der Waals surface area (Å²) in [5.74, 6) is -0.0749. The van der Waals surface area contributed by atoms with E-state index < -0.39 is 0 Å². The van der Waals surface area contributed by atoms with E-state index >= 15 is 0 Å². The van der Waals surface area contributed by atoms with Gasteiger partial charge in [-0.2, -0.15) is 0 Å². The number of carbonyl (C=O) groups is 1. The maximum Gasteiger partial charge on any atom is 0.258 e. The van der Waals surface area contributed by atoms with Gasteiger partial charge >= 0.3 is 0 Å². The molecule has 0 aromatic carbocycles. The molecule has 0 bridgehead atoms. The lowest BCUT2D eigenvalue weighted by atomic mass is 10.2. The van der Waals surface area contributed by atoms with E-state index in [-0.39, 0.29) is 5.91 Å². The number of nitrogens with zero attached hydrogens (tertiary/aromatic N) is 2. The van der Waals surface area contributed by atoms with E-state index in [1.807, 2.05) is 25.3 Å². The van der Waals surface area contributed by atoms with Gasteiger partial charge in [0.15, 0.2) is 5.13 Å². The van der Waals surface area contributed by atoms with Crippen molar-refractivity contribution in [2.45, 2.75) is 20.4 Å². The average molecular weight is 337 g/mol. The molecule has 5 nitrogen and oxygen atoms in total. The zero-order valence-electron chi connectivity index (χ0n) is 12.7. The van der Waals surface area contributed by atoms with Crippen LogP contribution in [0.1, 0.15) is 25.8 Å². The Bertz CT molecular complexity index is 660. The van der Waals surface area contributed by atoms with Gasteiger partial charge in [0.05, 0.1) is 24.5 Å². The van der Waals surface area contributed by atoms with Crippen molar-refractivity contribution in [1.82, 2.24) is 9.88 Å². The molecule has 1 aliphatic rings. The van der Waals surface area contributed by atoms with Crippen LogP contribution in [0.3, 0.4) is 0 Å². The number of aromatic nitrogens is 1. The number of hydrogen-bond donors (Lipinski definition) is 1. The van der Waals surface area contributed by atoms with Crippen molar-refractivity contribution < 1.29 is 9.53 Å². The summed E-state index contributed by atoms with van der Waals surface area (Å²) >= 11 is 3.12. The Kier molecular flexibility index (Phi) is 4.87. The van der Waals surface area contributed by atoms with Gasteiger partial charge in [-0.05, 0) is 19.9 Å². The van der Waals surface area contributed by atoms with Crippen LogP contribution in [0.25, 0.3) is 0 Å². The molecule has 1 amide bonds. The number of morpholine rings is 1. The fraction of sp³-hybridized carbons (Fsp3) is 0.467. The topological polar surface area (TPSA) is 54.5 Å². The molecule has 0 aliphatic carbocycles. The van der Waals surface area contributed by atoms with Crippen LogP contribution in [0.2, 0.25) is 0 Å². The largest absolute Gasteiger partial charge is 0.379 e. The highest BCUT2D eigenvalue weighted by Crippen LogP contribution is 2.23. The third-order valence-electron chi connectivity index (χ3n) is 3.55. The third kappa shape index (κ3) is 3.73. The van der Waals surface area contributed by atoms with Gasteiger partial charge < -0.3 is 4.74 Å². The summed E-state index contributed by atoms with van der Waals surface area (Å²) in [6.07, 6.45) is 0. The van der Waals surface area contributed by atoms with Crippen molar-refractivity contribution in [3.05, 3.63) is 32.5 Å². The van der Waals surface area contributed by atoms with Crippen LogP contribution < -0.4 is 5.32 Å². The van der Waals surface area contributed by atoms with Gasteiger partial charge in [0.25, 0.3) is 5.91 Å². The summed E-state index contributed by atoms with van der Waals surface area (Å²) in [5.41, 5.74) is 1.74. The van der Waals surface area contributed by atoms with E-state index in [0.29, 0.717) is 5.13 Å². The molecule has 22 heavy (non-hydrogen) atoms. The zero-order chi connectivity index (χ0) is 15.5. The summed E-state index contributed by atoms with van der Waals surface area (Å²) in [7, 11) is 0. The molecule has 0 unspecified atom stereocenters. The summed E-state index contributed by atoms with van der Waals surface area (Å²) in [6, 6.07) is 1.93. The van der Waals surface area contributed by atoms with E-state index in [0.717, 1.165) is 53.9 Å². The van der Waals surface area contributed by atoms with Gasteiger partial charge in [-0.3, -0.25) is 15.0 Å². The molecule has 1 fully saturated rings. The van der Waals surface area contributed by atoms with E-state index in [9.17, 15) is 4.79 Å². The Morgan fingerprint density at radius 2 is 2.18 bits per heavy atom. The smallest absolute Gasteiger partial charge is 0.258 e. The molecule has 0 saturated carbocycles. The summed E-state index contributed by atoms with van der Waals surface area (Å²) < 4.78 is 5.34. The second-order valence-electron chi connectivity index (χ2n) is 5.31. The average Bonchev–Trinajstić information content (AvgIpc) is 3.06. The number of aryl methyl sites for hydroxylation is 2. The van der Waals surface area contributed by atoms with Gasteiger partial charge in [0, 0.05) is 34.8 Å². The fourth-order valence-electron chi connectivity index (χ4n) is 2.45. The molecule has 0 radical (unpaired) electrons. The van der Waals surface area contributed by atoms with Crippen molar-refractivity contribution in [3.63, 3.8) is 0 Å². The molecule has 1 saturated heterocycles. The molecule has 3 rings (SSSR count). The molecular formula is C15H19N3O2S2. The van der Waals surface area contributed by atoms with Crippen LogP contribution >= 0.6 is 22.7 Å². The van der Waals surface area contributed by atoms with E-state index in [1.54, 1.807) is 11.3 Å². The monoisotopic (exact) mass is 337 g/mol. The molecule has 1 aliphatic heterocycles. The maximum absolute atomic E-state index is 12.3. The van der Waals surface area contributed by atoms with Crippen molar-refractivity contribution in [2.24, 2.45) is 0 Å².